The van der Waals surface area contributed by atoms with Crippen LogP contribution in [0.2, 0.25) is 15.1 Å². The zero-order valence-electron chi connectivity index (χ0n) is 12.5. The predicted octanol–water partition coefficient (Wildman–Crippen LogP) is 4.48. The number of anilines is 2. The van der Waals surface area contributed by atoms with Gasteiger partial charge in [-0.2, -0.15) is 0 Å². The normalized spacial score (nSPS) is 10.2. The number of nitrogens with one attached hydrogen (secondary N) is 2. The van der Waals surface area contributed by atoms with Crippen LogP contribution >= 0.6 is 34.8 Å². The molecule has 0 aliphatic carbocycles. The average Bonchev–Trinajstić information content (AvgIpc) is 2.57. The lowest BCUT2D eigenvalue weighted by molar-refractivity contribution is -0.114. The summed E-state index contributed by atoms with van der Waals surface area (Å²) in [6.07, 6.45) is 0. The quantitative estimate of drug-likeness (QED) is 0.742. The molecule has 24 heavy (non-hydrogen) atoms. The van der Waals surface area contributed by atoms with E-state index in [0.29, 0.717) is 26.4 Å². The highest BCUT2D eigenvalue weighted by Gasteiger charge is 2.11. The first-order valence-corrected chi connectivity index (χ1v) is 7.90. The van der Waals surface area contributed by atoms with Gasteiger partial charge in [-0.15, -0.1) is 0 Å². The number of carbonyl (C=O) groups excluding carboxylic acids is 2. The lowest BCUT2D eigenvalue weighted by atomic mass is 10.2. The number of ether oxygens (including phenoxy) is 1. The number of hydrogen-bond donors (Lipinski definition) is 2. The van der Waals surface area contributed by atoms with Gasteiger partial charge in [0.15, 0.2) is 0 Å². The third kappa shape index (κ3) is 4.77. The fourth-order valence-corrected chi connectivity index (χ4v) is 2.39. The van der Waals surface area contributed by atoms with Gasteiger partial charge in [0, 0.05) is 5.02 Å². The molecular weight excluding hydrogens is 375 g/mol. The Balaban J connectivity index is 2.04. The van der Waals surface area contributed by atoms with Gasteiger partial charge < -0.3 is 15.4 Å². The minimum Gasteiger partial charge on any atom is -0.465 e. The van der Waals surface area contributed by atoms with E-state index < -0.39 is 5.97 Å². The summed E-state index contributed by atoms with van der Waals surface area (Å²) in [5.41, 5.74) is 1.13. The van der Waals surface area contributed by atoms with Crippen LogP contribution in [0.1, 0.15) is 10.4 Å². The molecule has 0 aromatic heterocycles. The smallest absolute Gasteiger partial charge is 0.337 e. The van der Waals surface area contributed by atoms with Crippen molar-refractivity contribution in [3.63, 3.8) is 0 Å². The molecule has 0 unspecified atom stereocenters. The Hall–Kier alpha value is -1.95. The Morgan fingerprint density at radius 2 is 1.67 bits per heavy atom. The molecule has 0 saturated heterocycles. The van der Waals surface area contributed by atoms with E-state index in [2.05, 4.69) is 15.4 Å². The standard InChI is InChI=1S/C16H13Cl3N2O3/c1-24-16(23)9-2-4-12(19)14(6-9)21-15(22)8-20-13-7-10(17)3-5-11(13)18/h2-7,20H,8H2,1H3,(H,21,22). The number of carbonyl (C=O) groups is 2. The van der Waals surface area contributed by atoms with Crippen LogP contribution in [-0.2, 0) is 9.53 Å². The first-order valence-electron chi connectivity index (χ1n) is 6.77. The number of esters is 1. The number of benzene rings is 2. The zero-order valence-corrected chi connectivity index (χ0v) is 14.8. The molecule has 2 aromatic carbocycles. The summed E-state index contributed by atoms with van der Waals surface area (Å²) in [5, 5.41) is 6.74. The van der Waals surface area contributed by atoms with Gasteiger partial charge in [0.1, 0.15) is 0 Å². The SMILES string of the molecule is COC(=O)c1ccc(Cl)c(NC(=O)CNc2cc(Cl)ccc2Cl)c1. The molecular formula is C16H13Cl3N2O3. The Morgan fingerprint density at radius 3 is 2.38 bits per heavy atom. The molecule has 0 spiro atoms. The molecule has 126 valence electrons. The topological polar surface area (TPSA) is 67.4 Å². The summed E-state index contributed by atoms with van der Waals surface area (Å²) in [4.78, 5) is 23.6. The molecule has 8 heteroatoms. The van der Waals surface area contributed by atoms with E-state index >= 15 is 0 Å². The molecule has 0 aliphatic rings. The molecule has 0 fully saturated rings. The summed E-state index contributed by atoms with van der Waals surface area (Å²) < 4.78 is 4.63. The van der Waals surface area contributed by atoms with Gasteiger partial charge in [0.25, 0.3) is 0 Å². The second-order valence-corrected chi connectivity index (χ2v) is 5.96. The van der Waals surface area contributed by atoms with E-state index in [-0.39, 0.29) is 18.0 Å². The van der Waals surface area contributed by atoms with Gasteiger partial charge in [-0.1, -0.05) is 34.8 Å². The van der Waals surface area contributed by atoms with E-state index in [1.54, 1.807) is 18.2 Å². The fourth-order valence-electron chi connectivity index (χ4n) is 1.87. The summed E-state index contributed by atoms with van der Waals surface area (Å²) in [6.45, 7) is -0.0567. The zero-order chi connectivity index (χ0) is 17.7. The molecule has 0 radical (unpaired) electrons. The van der Waals surface area contributed by atoms with E-state index in [9.17, 15) is 9.59 Å². The van der Waals surface area contributed by atoms with Crippen molar-refractivity contribution >= 4 is 58.1 Å². The molecule has 2 rings (SSSR count). The lowest BCUT2D eigenvalue weighted by Gasteiger charge is -2.11. The van der Waals surface area contributed by atoms with Crippen LogP contribution in [0.3, 0.4) is 0 Å². The largest absolute Gasteiger partial charge is 0.465 e. The molecule has 0 bridgehead atoms. The second-order valence-electron chi connectivity index (χ2n) is 4.71. The maximum atomic E-state index is 12.1. The van der Waals surface area contributed by atoms with E-state index in [0.717, 1.165) is 0 Å². The number of rotatable bonds is 5. The minimum absolute atomic E-state index is 0.0567. The lowest BCUT2D eigenvalue weighted by Crippen LogP contribution is -2.22. The highest BCUT2D eigenvalue weighted by Crippen LogP contribution is 2.26. The fraction of sp³-hybridized carbons (Fsp3) is 0.125. The molecule has 2 N–H and O–H groups in total. The van der Waals surface area contributed by atoms with Crippen molar-refractivity contribution in [3.8, 4) is 0 Å². The maximum absolute atomic E-state index is 12.1. The molecule has 5 nitrogen and oxygen atoms in total. The first kappa shape index (κ1) is 18.4. The number of amides is 1. The third-order valence-corrected chi connectivity index (χ3v) is 3.92. The van der Waals surface area contributed by atoms with Gasteiger partial charge in [-0.25, -0.2) is 4.79 Å². The molecule has 0 heterocycles. The summed E-state index contributed by atoms with van der Waals surface area (Å²) >= 11 is 17.9. The third-order valence-electron chi connectivity index (χ3n) is 3.03. The van der Waals surface area contributed by atoms with Crippen molar-refractivity contribution in [1.82, 2.24) is 0 Å². The predicted molar refractivity (Wildman–Crippen MR) is 96.4 cm³/mol. The summed E-state index contributed by atoms with van der Waals surface area (Å²) in [5.74, 6) is -0.888. The highest BCUT2D eigenvalue weighted by molar-refractivity contribution is 6.35. The van der Waals surface area contributed by atoms with Crippen LogP contribution in [0.4, 0.5) is 11.4 Å². The Labute approximate surface area is 153 Å². The van der Waals surface area contributed by atoms with Gasteiger partial charge in [-0.3, -0.25) is 4.79 Å². The van der Waals surface area contributed by atoms with Crippen molar-refractivity contribution in [2.75, 3.05) is 24.3 Å². The molecule has 0 aliphatic heterocycles. The van der Waals surface area contributed by atoms with Crippen molar-refractivity contribution in [1.29, 1.82) is 0 Å². The van der Waals surface area contributed by atoms with Crippen molar-refractivity contribution in [2.24, 2.45) is 0 Å². The van der Waals surface area contributed by atoms with Crippen LogP contribution in [0.25, 0.3) is 0 Å². The van der Waals surface area contributed by atoms with Crippen LogP contribution in [0.15, 0.2) is 36.4 Å². The van der Waals surface area contributed by atoms with E-state index in [4.69, 9.17) is 34.8 Å². The number of hydrogen-bond acceptors (Lipinski definition) is 4. The summed E-state index contributed by atoms with van der Waals surface area (Å²) in [6, 6.07) is 9.34. The number of halogens is 3. The van der Waals surface area contributed by atoms with Crippen molar-refractivity contribution in [3.05, 3.63) is 57.0 Å². The van der Waals surface area contributed by atoms with E-state index in [1.165, 1.54) is 25.3 Å². The molecule has 0 saturated carbocycles. The Morgan fingerprint density at radius 1 is 1.00 bits per heavy atom. The molecule has 0 atom stereocenters. The van der Waals surface area contributed by atoms with Crippen molar-refractivity contribution < 1.29 is 14.3 Å². The maximum Gasteiger partial charge on any atom is 0.337 e. The van der Waals surface area contributed by atoms with Crippen LogP contribution < -0.4 is 10.6 Å². The van der Waals surface area contributed by atoms with Gasteiger partial charge in [0.05, 0.1) is 40.6 Å². The number of methoxy groups -OCH3 is 1. The van der Waals surface area contributed by atoms with Crippen LogP contribution in [0.5, 0.6) is 0 Å². The van der Waals surface area contributed by atoms with Crippen LogP contribution in [-0.4, -0.2) is 25.5 Å². The Bertz CT molecular complexity index is 781. The Kier molecular flexibility index (Phi) is 6.31. The second kappa shape index (κ2) is 8.24. The molecule has 1 amide bonds. The van der Waals surface area contributed by atoms with Crippen molar-refractivity contribution in [2.45, 2.75) is 0 Å². The van der Waals surface area contributed by atoms with Gasteiger partial charge >= 0.3 is 5.97 Å². The van der Waals surface area contributed by atoms with E-state index in [1.807, 2.05) is 0 Å². The van der Waals surface area contributed by atoms with Crippen LogP contribution in [0, 0.1) is 0 Å². The summed E-state index contributed by atoms with van der Waals surface area (Å²) in [7, 11) is 1.27. The first-order chi connectivity index (χ1) is 11.4. The van der Waals surface area contributed by atoms with Gasteiger partial charge in [-0.05, 0) is 36.4 Å². The monoisotopic (exact) mass is 386 g/mol. The minimum atomic E-state index is -0.522. The van der Waals surface area contributed by atoms with Gasteiger partial charge in [0.2, 0.25) is 5.91 Å². The molecule has 2 aromatic rings. The highest BCUT2D eigenvalue weighted by atomic mass is 35.5. The average molecular weight is 388 g/mol.